The van der Waals surface area contributed by atoms with Crippen LogP contribution in [0.3, 0.4) is 0 Å². The Kier molecular flexibility index (Phi) is 5.25. The fraction of sp³-hybridized carbons (Fsp3) is 0.360. The summed E-state index contributed by atoms with van der Waals surface area (Å²) in [6, 6.07) is 14.4. The Bertz CT molecular complexity index is 1190. The van der Waals surface area contributed by atoms with E-state index in [0.29, 0.717) is 31.9 Å². The highest BCUT2D eigenvalue weighted by Gasteiger charge is 2.31. The monoisotopic (exact) mass is 433 g/mol. The molecular formula is C25H27N3O4. The number of nitrogens with one attached hydrogen (secondary N) is 1. The lowest BCUT2D eigenvalue weighted by molar-refractivity contribution is -0.144. The molecule has 1 amide bonds. The number of aromatic nitrogens is 1. The molecule has 0 unspecified atom stereocenters. The van der Waals surface area contributed by atoms with E-state index in [9.17, 15) is 9.59 Å². The topological polar surface area (TPSA) is 72.8 Å². The van der Waals surface area contributed by atoms with Crippen molar-refractivity contribution in [1.29, 1.82) is 0 Å². The summed E-state index contributed by atoms with van der Waals surface area (Å²) < 4.78 is 13.4. The molecule has 3 aromatic rings. The van der Waals surface area contributed by atoms with Crippen LogP contribution >= 0.6 is 0 Å². The van der Waals surface area contributed by atoms with Crippen molar-refractivity contribution in [3.8, 4) is 5.75 Å². The van der Waals surface area contributed by atoms with E-state index in [0.717, 1.165) is 34.3 Å². The van der Waals surface area contributed by atoms with Crippen LogP contribution in [0.2, 0.25) is 0 Å². The maximum atomic E-state index is 12.5. The molecule has 0 radical (unpaired) electrons. The van der Waals surface area contributed by atoms with Crippen LogP contribution in [0.25, 0.3) is 10.9 Å². The van der Waals surface area contributed by atoms with Gasteiger partial charge in [0.2, 0.25) is 0 Å². The summed E-state index contributed by atoms with van der Waals surface area (Å²) in [6.07, 6.45) is 0.689. The van der Waals surface area contributed by atoms with Gasteiger partial charge in [0.05, 0.1) is 30.8 Å². The minimum atomic E-state index is -0.300. The molecule has 2 aliphatic heterocycles. The fourth-order valence-corrected chi connectivity index (χ4v) is 4.82. The lowest BCUT2D eigenvalue weighted by Gasteiger charge is -2.36. The molecule has 166 valence electrons. The van der Waals surface area contributed by atoms with Gasteiger partial charge >= 0.3 is 5.97 Å². The zero-order valence-corrected chi connectivity index (χ0v) is 18.4. The van der Waals surface area contributed by atoms with Crippen LogP contribution in [0, 0.1) is 0 Å². The Balaban J connectivity index is 1.58. The molecule has 0 aliphatic carbocycles. The molecule has 0 saturated carbocycles. The average Bonchev–Trinajstić information content (AvgIpc) is 3.06. The van der Waals surface area contributed by atoms with Crippen LogP contribution in [0.5, 0.6) is 5.75 Å². The van der Waals surface area contributed by atoms with E-state index in [1.165, 1.54) is 5.56 Å². The minimum absolute atomic E-state index is 0.0369. The molecule has 0 fully saturated rings. The molecule has 5 rings (SSSR count). The third-order valence-electron chi connectivity index (χ3n) is 6.23. The van der Waals surface area contributed by atoms with Crippen LogP contribution < -0.4 is 15.0 Å². The fourth-order valence-electron chi connectivity index (χ4n) is 4.82. The largest absolute Gasteiger partial charge is 0.486 e. The van der Waals surface area contributed by atoms with Crippen molar-refractivity contribution in [3.63, 3.8) is 0 Å². The van der Waals surface area contributed by atoms with Gasteiger partial charge in [-0.1, -0.05) is 30.3 Å². The molecule has 1 N–H and O–H groups in total. The summed E-state index contributed by atoms with van der Waals surface area (Å²) in [5.74, 6) is 0.453. The Morgan fingerprint density at radius 2 is 2.06 bits per heavy atom. The molecule has 0 bridgehead atoms. The van der Waals surface area contributed by atoms with Gasteiger partial charge in [-0.15, -0.1) is 0 Å². The van der Waals surface area contributed by atoms with Crippen molar-refractivity contribution >= 4 is 28.5 Å². The Morgan fingerprint density at radius 3 is 2.84 bits per heavy atom. The number of anilines is 1. The molecule has 32 heavy (non-hydrogen) atoms. The second-order valence-corrected chi connectivity index (χ2v) is 8.34. The second kappa shape index (κ2) is 8.22. The molecule has 1 aromatic heterocycles. The first kappa shape index (κ1) is 20.4. The molecule has 2 aromatic carbocycles. The number of aryl methyl sites for hydroxylation is 1. The van der Waals surface area contributed by atoms with Gasteiger partial charge in [0, 0.05) is 25.5 Å². The molecule has 0 saturated heterocycles. The van der Waals surface area contributed by atoms with Gasteiger partial charge in [0.25, 0.3) is 5.91 Å². The summed E-state index contributed by atoms with van der Waals surface area (Å²) in [5.41, 5.74) is 4.93. The number of benzene rings is 2. The van der Waals surface area contributed by atoms with Gasteiger partial charge in [-0.25, -0.2) is 0 Å². The van der Waals surface area contributed by atoms with Crippen molar-refractivity contribution < 1.29 is 19.1 Å². The number of esters is 1. The highest BCUT2D eigenvalue weighted by atomic mass is 16.5. The zero-order valence-electron chi connectivity index (χ0n) is 18.4. The SMILES string of the molecule is CCOC(=O)C[C@@H]1CN(Cc2ccccc2)c2cc3c(cc2O1)c1c(n3C)C(=O)NCC1. The summed E-state index contributed by atoms with van der Waals surface area (Å²) in [6.45, 7) is 4.08. The van der Waals surface area contributed by atoms with Crippen LogP contribution in [0.1, 0.15) is 35.0 Å². The maximum absolute atomic E-state index is 12.5. The summed E-state index contributed by atoms with van der Waals surface area (Å²) >= 11 is 0. The molecule has 3 heterocycles. The average molecular weight is 434 g/mol. The van der Waals surface area contributed by atoms with Gasteiger partial charge in [-0.2, -0.15) is 0 Å². The van der Waals surface area contributed by atoms with Gasteiger partial charge in [-0.3, -0.25) is 9.59 Å². The van der Waals surface area contributed by atoms with Crippen LogP contribution in [-0.2, 0) is 29.5 Å². The Morgan fingerprint density at radius 1 is 1.25 bits per heavy atom. The van der Waals surface area contributed by atoms with E-state index in [1.807, 2.05) is 42.8 Å². The highest BCUT2D eigenvalue weighted by Crippen LogP contribution is 2.41. The van der Waals surface area contributed by atoms with E-state index in [2.05, 4.69) is 28.4 Å². The quantitative estimate of drug-likeness (QED) is 0.626. The van der Waals surface area contributed by atoms with Crippen molar-refractivity contribution in [2.75, 3.05) is 24.6 Å². The smallest absolute Gasteiger partial charge is 0.309 e. The molecule has 1 atom stereocenters. The number of rotatable bonds is 5. The number of carbonyl (C=O) groups is 2. The minimum Gasteiger partial charge on any atom is -0.486 e. The number of hydrogen-bond donors (Lipinski definition) is 1. The predicted molar refractivity (Wildman–Crippen MR) is 122 cm³/mol. The lowest BCUT2D eigenvalue weighted by atomic mass is 10.0. The van der Waals surface area contributed by atoms with E-state index in [-0.39, 0.29) is 24.4 Å². The van der Waals surface area contributed by atoms with Gasteiger partial charge < -0.3 is 24.3 Å². The third kappa shape index (κ3) is 3.57. The van der Waals surface area contributed by atoms with Crippen molar-refractivity contribution in [2.24, 2.45) is 7.05 Å². The van der Waals surface area contributed by atoms with Crippen molar-refractivity contribution in [2.45, 2.75) is 32.4 Å². The Hall–Kier alpha value is -3.48. The van der Waals surface area contributed by atoms with Crippen molar-refractivity contribution in [1.82, 2.24) is 9.88 Å². The number of ether oxygens (including phenoxy) is 2. The van der Waals surface area contributed by atoms with E-state index >= 15 is 0 Å². The first-order chi connectivity index (χ1) is 15.5. The molecule has 2 aliphatic rings. The third-order valence-corrected chi connectivity index (χ3v) is 6.23. The maximum Gasteiger partial charge on any atom is 0.309 e. The molecule has 7 nitrogen and oxygen atoms in total. The Labute approximate surface area is 186 Å². The number of nitrogens with zero attached hydrogens (tertiary/aromatic N) is 2. The lowest BCUT2D eigenvalue weighted by Crippen LogP contribution is -2.41. The normalized spacial score (nSPS) is 17.4. The first-order valence-electron chi connectivity index (χ1n) is 11.1. The standard InChI is InChI=1S/C25H27N3O4/c1-3-31-23(29)11-17-15-28(14-16-7-5-4-6-8-16)21-13-20-19(12-22(21)32-17)18-9-10-26-25(30)24(18)27(20)2/h4-8,12-13,17H,3,9-11,14-15H2,1-2H3,(H,26,30)/t17-/m1/s1. The van der Waals surface area contributed by atoms with Crippen LogP contribution in [0.4, 0.5) is 5.69 Å². The van der Waals surface area contributed by atoms with Gasteiger partial charge in [-0.05, 0) is 36.6 Å². The van der Waals surface area contributed by atoms with Crippen LogP contribution in [0.15, 0.2) is 42.5 Å². The number of carbonyl (C=O) groups excluding carboxylic acids is 2. The van der Waals surface area contributed by atoms with Gasteiger partial charge in [0.1, 0.15) is 17.5 Å². The molecular weight excluding hydrogens is 406 g/mol. The number of hydrogen-bond acceptors (Lipinski definition) is 5. The first-order valence-corrected chi connectivity index (χ1v) is 11.1. The summed E-state index contributed by atoms with van der Waals surface area (Å²) in [4.78, 5) is 26.9. The second-order valence-electron chi connectivity index (χ2n) is 8.34. The number of amides is 1. The zero-order chi connectivity index (χ0) is 22.2. The molecule has 0 spiro atoms. The van der Waals surface area contributed by atoms with Gasteiger partial charge in [0.15, 0.2) is 0 Å². The number of fused-ring (bicyclic) bond motifs is 4. The molecule has 7 heteroatoms. The summed E-state index contributed by atoms with van der Waals surface area (Å²) in [5, 5.41) is 3.97. The predicted octanol–water partition coefficient (Wildman–Crippen LogP) is 3.19. The van der Waals surface area contributed by atoms with Crippen LogP contribution in [-0.4, -0.2) is 42.2 Å². The van der Waals surface area contributed by atoms with E-state index < -0.39 is 0 Å². The summed E-state index contributed by atoms with van der Waals surface area (Å²) in [7, 11) is 1.94. The van der Waals surface area contributed by atoms with E-state index in [4.69, 9.17) is 9.47 Å². The van der Waals surface area contributed by atoms with E-state index in [1.54, 1.807) is 0 Å². The van der Waals surface area contributed by atoms with Crippen molar-refractivity contribution in [3.05, 3.63) is 59.3 Å². The highest BCUT2D eigenvalue weighted by molar-refractivity contribution is 6.04.